The number of urea groups is 1. The molecule has 0 unspecified atom stereocenters. The van der Waals surface area contributed by atoms with Gasteiger partial charge in [-0.05, 0) is 54.7 Å². The molecule has 0 radical (unpaired) electrons. The zero-order chi connectivity index (χ0) is 19.3. The van der Waals surface area contributed by atoms with Crippen LogP contribution in [0.4, 0.5) is 22.0 Å². The summed E-state index contributed by atoms with van der Waals surface area (Å²) in [6.07, 6.45) is 6.65. The Morgan fingerprint density at radius 3 is 2.21 bits per heavy atom. The zero-order valence-corrected chi connectivity index (χ0v) is 14.9. The molecule has 5 rings (SSSR count). The number of nitrogens with one attached hydrogen (secondary N) is 2. The van der Waals surface area contributed by atoms with Gasteiger partial charge in [-0.1, -0.05) is 18.2 Å². The second-order valence-corrected chi connectivity index (χ2v) is 7.35. The number of carbonyl (C=O) groups is 3. The molecule has 2 aliphatic carbocycles. The number of nitrogens with zero attached hydrogens (tertiary/aromatic N) is 2. The fourth-order valence-corrected chi connectivity index (χ4v) is 4.57. The standard InChI is InChI=1S/C21H18N4O3/c26-19-17-12-4-5-13(11-12)18(17)20(27)25(19)15-8-6-14(7-9-15)23-21(28)24-16-3-1-2-10-22-16/h1-10,12-13,17-18H,11H2,(H2,22,23,24,28)/t12-,13-,17+,18+/m0/s1. The molecule has 7 heteroatoms. The monoisotopic (exact) mass is 374 g/mol. The highest BCUT2D eigenvalue weighted by Gasteiger charge is 2.59. The zero-order valence-electron chi connectivity index (χ0n) is 14.9. The fourth-order valence-electron chi connectivity index (χ4n) is 4.57. The lowest BCUT2D eigenvalue weighted by Crippen LogP contribution is -2.32. The van der Waals surface area contributed by atoms with Crippen LogP contribution in [0.25, 0.3) is 0 Å². The molecule has 1 saturated carbocycles. The third-order valence-corrected chi connectivity index (χ3v) is 5.76. The summed E-state index contributed by atoms with van der Waals surface area (Å²) in [7, 11) is 0. The van der Waals surface area contributed by atoms with E-state index in [0.29, 0.717) is 17.2 Å². The Morgan fingerprint density at radius 1 is 0.929 bits per heavy atom. The number of imide groups is 1. The number of allylic oxidation sites excluding steroid dienone is 2. The number of hydrogen-bond donors (Lipinski definition) is 2. The number of amides is 4. The van der Waals surface area contributed by atoms with Gasteiger partial charge in [0.15, 0.2) is 0 Å². The molecule has 2 fully saturated rings. The first-order chi connectivity index (χ1) is 13.6. The normalized spacial score (nSPS) is 27.2. The van der Waals surface area contributed by atoms with Crippen molar-refractivity contribution < 1.29 is 14.4 Å². The van der Waals surface area contributed by atoms with E-state index in [4.69, 9.17) is 0 Å². The molecule has 1 saturated heterocycles. The molecule has 2 heterocycles. The van der Waals surface area contributed by atoms with Gasteiger partial charge in [-0.15, -0.1) is 0 Å². The van der Waals surface area contributed by atoms with E-state index in [0.717, 1.165) is 6.42 Å². The Kier molecular flexibility index (Phi) is 3.75. The van der Waals surface area contributed by atoms with Crippen LogP contribution in [-0.4, -0.2) is 22.8 Å². The minimum Gasteiger partial charge on any atom is -0.308 e. The Bertz CT molecular complexity index is 956. The molecule has 1 aromatic carbocycles. The summed E-state index contributed by atoms with van der Waals surface area (Å²) in [6.45, 7) is 0. The number of hydrogen-bond acceptors (Lipinski definition) is 4. The van der Waals surface area contributed by atoms with Crippen LogP contribution in [0.3, 0.4) is 0 Å². The fraction of sp³-hybridized carbons (Fsp3) is 0.238. The van der Waals surface area contributed by atoms with E-state index < -0.39 is 6.03 Å². The molecular formula is C21H18N4O3. The van der Waals surface area contributed by atoms with Crippen LogP contribution in [0.1, 0.15) is 6.42 Å². The Balaban J connectivity index is 1.29. The maximum absolute atomic E-state index is 12.8. The Labute approximate surface area is 161 Å². The van der Waals surface area contributed by atoms with Crippen molar-refractivity contribution in [1.29, 1.82) is 0 Å². The Morgan fingerprint density at radius 2 is 1.61 bits per heavy atom. The second-order valence-electron chi connectivity index (χ2n) is 7.35. The molecular weight excluding hydrogens is 356 g/mol. The summed E-state index contributed by atoms with van der Waals surface area (Å²) < 4.78 is 0. The molecule has 1 aromatic heterocycles. The number of benzene rings is 1. The molecule has 4 atom stereocenters. The molecule has 4 amide bonds. The van der Waals surface area contributed by atoms with E-state index in [1.54, 1.807) is 48.7 Å². The summed E-state index contributed by atoms with van der Waals surface area (Å²) in [5.41, 5.74) is 1.10. The van der Waals surface area contributed by atoms with E-state index in [1.165, 1.54) is 4.90 Å². The van der Waals surface area contributed by atoms with Gasteiger partial charge < -0.3 is 5.32 Å². The lowest BCUT2D eigenvalue weighted by Gasteiger charge is -2.17. The van der Waals surface area contributed by atoms with Crippen molar-refractivity contribution >= 4 is 35.0 Å². The van der Waals surface area contributed by atoms with Gasteiger partial charge in [0.2, 0.25) is 11.8 Å². The van der Waals surface area contributed by atoms with Crippen LogP contribution >= 0.6 is 0 Å². The highest BCUT2D eigenvalue weighted by molar-refractivity contribution is 6.22. The van der Waals surface area contributed by atoms with Crippen LogP contribution in [0.2, 0.25) is 0 Å². The van der Waals surface area contributed by atoms with Gasteiger partial charge in [-0.25, -0.2) is 9.78 Å². The van der Waals surface area contributed by atoms with Crippen LogP contribution < -0.4 is 15.5 Å². The van der Waals surface area contributed by atoms with Gasteiger partial charge in [0, 0.05) is 11.9 Å². The third kappa shape index (κ3) is 2.58. The highest BCUT2D eigenvalue weighted by atomic mass is 16.2. The Hall–Kier alpha value is -3.48. The first kappa shape index (κ1) is 16.7. The molecule has 140 valence electrons. The van der Waals surface area contributed by atoms with E-state index in [9.17, 15) is 14.4 Å². The average Bonchev–Trinajstić information content (AvgIpc) is 3.37. The smallest absolute Gasteiger partial charge is 0.308 e. The van der Waals surface area contributed by atoms with Crippen LogP contribution in [0.5, 0.6) is 0 Å². The van der Waals surface area contributed by atoms with Crippen molar-refractivity contribution in [2.75, 3.05) is 15.5 Å². The SMILES string of the molecule is O=C(Nc1ccc(N2C(=O)[C@H]3[C@H](C2=O)[C@H]2C=C[C@H]3C2)cc1)Nc1ccccn1. The molecule has 2 aromatic rings. The van der Waals surface area contributed by atoms with Gasteiger partial charge in [0.05, 0.1) is 17.5 Å². The van der Waals surface area contributed by atoms with Crippen molar-refractivity contribution in [3.63, 3.8) is 0 Å². The minimum atomic E-state index is -0.419. The molecule has 2 N–H and O–H groups in total. The first-order valence-electron chi connectivity index (χ1n) is 9.27. The maximum Gasteiger partial charge on any atom is 0.324 e. The predicted octanol–water partition coefficient (Wildman–Crippen LogP) is 3.04. The summed E-state index contributed by atoms with van der Waals surface area (Å²) in [5, 5.41) is 5.34. The van der Waals surface area contributed by atoms with Gasteiger partial charge in [0.1, 0.15) is 5.82 Å². The molecule has 2 bridgehead atoms. The van der Waals surface area contributed by atoms with Crippen molar-refractivity contribution in [2.45, 2.75) is 6.42 Å². The van der Waals surface area contributed by atoms with Gasteiger partial charge in [-0.2, -0.15) is 0 Å². The lowest BCUT2D eigenvalue weighted by molar-refractivity contribution is -0.123. The number of rotatable bonds is 3. The van der Waals surface area contributed by atoms with Gasteiger partial charge >= 0.3 is 6.03 Å². The molecule has 3 aliphatic rings. The quantitative estimate of drug-likeness (QED) is 0.638. The maximum atomic E-state index is 12.8. The summed E-state index contributed by atoms with van der Waals surface area (Å²) in [6, 6.07) is 11.5. The van der Waals surface area contributed by atoms with Crippen LogP contribution in [0, 0.1) is 23.7 Å². The number of pyridine rings is 1. The van der Waals surface area contributed by atoms with Crippen LogP contribution in [0.15, 0.2) is 60.8 Å². The number of anilines is 3. The van der Waals surface area contributed by atoms with Gasteiger partial charge in [-0.3, -0.25) is 19.8 Å². The summed E-state index contributed by atoms with van der Waals surface area (Å²) >= 11 is 0. The lowest BCUT2D eigenvalue weighted by atomic mass is 9.85. The van der Waals surface area contributed by atoms with Crippen molar-refractivity contribution in [3.05, 3.63) is 60.8 Å². The molecule has 7 nitrogen and oxygen atoms in total. The average molecular weight is 374 g/mol. The van der Waals surface area contributed by atoms with E-state index in [2.05, 4.69) is 27.8 Å². The number of carbonyl (C=O) groups excluding carboxylic acids is 3. The van der Waals surface area contributed by atoms with Crippen molar-refractivity contribution in [3.8, 4) is 0 Å². The van der Waals surface area contributed by atoms with E-state index in [1.807, 2.05) is 0 Å². The van der Waals surface area contributed by atoms with Crippen molar-refractivity contribution in [1.82, 2.24) is 4.98 Å². The molecule has 0 spiro atoms. The largest absolute Gasteiger partial charge is 0.324 e. The number of aromatic nitrogens is 1. The van der Waals surface area contributed by atoms with E-state index in [-0.39, 0.29) is 35.5 Å². The molecule has 1 aliphatic heterocycles. The highest BCUT2D eigenvalue weighted by Crippen LogP contribution is 2.53. The van der Waals surface area contributed by atoms with E-state index >= 15 is 0 Å². The summed E-state index contributed by atoms with van der Waals surface area (Å²) in [4.78, 5) is 43.1. The van der Waals surface area contributed by atoms with Crippen LogP contribution in [-0.2, 0) is 9.59 Å². The minimum absolute atomic E-state index is 0.111. The summed E-state index contributed by atoms with van der Waals surface area (Å²) in [5.74, 6) is 0.162. The van der Waals surface area contributed by atoms with Gasteiger partial charge in [0.25, 0.3) is 0 Å². The first-order valence-corrected chi connectivity index (χ1v) is 9.27. The predicted molar refractivity (Wildman–Crippen MR) is 104 cm³/mol. The van der Waals surface area contributed by atoms with Crippen molar-refractivity contribution in [2.24, 2.45) is 23.7 Å². The number of fused-ring (bicyclic) bond motifs is 5. The topological polar surface area (TPSA) is 91.4 Å². The molecule has 28 heavy (non-hydrogen) atoms. The third-order valence-electron chi connectivity index (χ3n) is 5.76. The second kappa shape index (κ2) is 6.30.